The van der Waals surface area contributed by atoms with E-state index >= 15 is 0 Å². The first-order chi connectivity index (χ1) is 8.72. The van der Waals surface area contributed by atoms with Gasteiger partial charge in [0, 0.05) is 30.3 Å². The third-order valence-electron chi connectivity index (χ3n) is 2.82. The van der Waals surface area contributed by atoms with Crippen LogP contribution in [0.15, 0.2) is 18.2 Å². The van der Waals surface area contributed by atoms with Crippen LogP contribution >= 0.6 is 11.6 Å². The number of methoxy groups -OCH3 is 2. The molecule has 0 aromatic heterocycles. The van der Waals surface area contributed by atoms with Crippen LogP contribution in [0.3, 0.4) is 0 Å². The Kier molecular flexibility index (Phi) is 7.09. The van der Waals surface area contributed by atoms with Crippen LogP contribution in [0.5, 0.6) is 5.75 Å². The maximum absolute atomic E-state index is 6.07. The van der Waals surface area contributed by atoms with E-state index in [1.165, 1.54) is 0 Å². The Labute approximate surface area is 114 Å². The fraction of sp³-hybridized carbons (Fsp3) is 0.571. The lowest BCUT2D eigenvalue weighted by atomic mass is 10.0. The van der Waals surface area contributed by atoms with Gasteiger partial charge in [-0.15, -0.1) is 0 Å². The SMILES string of the molecule is CCCNC(CCOC)c1cc(Cl)ccc1OC. The van der Waals surface area contributed by atoms with E-state index in [1.807, 2.05) is 18.2 Å². The van der Waals surface area contributed by atoms with E-state index in [1.54, 1.807) is 14.2 Å². The van der Waals surface area contributed by atoms with E-state index in [9.17, 15) is 0 Å². The Morgan fingerprint density at radius 1 is 1.33 bits per heavy atom. The van der Waals surface area contributed by atoms with Crippen molar-refractivity contribution >= 4 is 11.6 Å². The zero-order valence-electron chi connectivity index (χ0n) is 11.3. The van der Waals surface area contributed by atoms with E-state index in [-0.39, 0.29) is 6.04 Å². The van der Waals surface area contributed by atoms with Crippen molar-refractivity contribution < 1.29 is 9.47 Å². The van der Waals surface area contributed by atoms with Crippen LogP contribution < -0.4 is 10.1 Å². The first kappa shape index (κ1) is 15.3. The van der Waals surface area contributed by atoms with Gasteiger partial charge in [-0.05, 0) is 37.6 Å². The van der Waals surface area contributed by atoms with Gasteiger partial charge in [0.05, 0.1) is 7.11 Å². The summed E-state index contributed by atoms with van der Waals surface area (Å²) in [6.45, 7) is 3.82. The Hall–Kier alpha value is -0.770. The van der Waals surface area contributed by atoms with Crippen molar-refractivity contribution in [3.05, 3.63) is 28.8 Å². The number of nitrogens with one attached hydrogen (secondary N) is 1. The van der Waals surface area contributed by atoms with Crippen LogP contribution in [0.25, 0.3) is 0 Å². The highest BCUT2D eigenvalue weighted by Gasteiger charge is 2.15. The quantitative estimate of drug-likeness (QED) is 0.786. The van der Waals surface area contributed by atoms with Crippen LogP contribution in [-0.4, -0.2) is 27.4 Å². The van der Waals surface area contributed by atoms with Gasteiger partial charge in [-0.2, -0.15) is 0 Å². The van der Waals surface area contributed by atoms with E-state index in [0.29, 0.717) is 6.61 Å². The molecule has 3 nitrogen and oxygen atoms in total. The molecule has 18 heavy (non-hydrogen) atoms. The second kappa shape index (κ2) is 8.35. The van der Waals surface area contributed by atoms with Crippen molar-refractivity contribution in [1.82, 2.24) is 5.32 Å². The third kappa shape index (κ3) is 4.48. The highest BCUT2D eigenvalue weighted by molar-refractivity contribution is 6.30. The van der Waals surface area contributed by atoms with Crippen molar-refractivity contribution in [1.29, 1.82) is 0 Å². The van der Waals surface area contributed by atoms with E-state index in [2.05, 4.69) is 12.2 Å². The molecule has 0 heterocycles. The molecule has 1 atom stereocenters. The van der Waals surface area contributed by atoms with Gasteiger partial charge in [0.25, 0.3) is 0 Å². The normalized spacial score (nSPS) is 12.4. The lowest BCUT2D eigenvalue weighted by molar-refractivity contribution is 0.182. The average molecular weight is 272 g/mol. The number of ether oxygens (including phenoxy) is 2. The second-order valence-electron chi connectivity index (χ2n) is 4.17. The number of benzene rings is 1. The van der Waals surface area contributed by atoms with E-state index in [0.717, 1.165) is 35.7 Å². The molecule has 1 aromatic carbocycles. The summed E-state index contributed by atoms with van der Waals surface area (Å²) in [5, 5.41) is 4.23. The molecule has 102 valence electrons. The summed E-state index contributed by atoms with van der Waals surface area (Å²) in [6.07, 6.45) is 1.99. The summed E-state index contributed by atoms with van der Waals surface area (Å²) in [7, 11) is 3.39. The lowest BCUT2D eigenvalue weighted by Gasteiger charge is -2.21. The van der Waals surface area contributed by atoms with Crippen LogP contribution in [-0.2, 0) is 4.74 Å². The molecule has 4 heteroatoms. The fourth-order valence-electron chi connectivity index (χ4n) is 1.90. The second-order valence-corrected chi connectivity index (χ2v) is 4.61. The van der Waals surface area contributed by atoms with Crippen molar-refractivity contribution in [2.75, 3.05) is 27.4 Å². The molecule has 0 radical (unpaired) electrons. The molecule has 0 aliphatic rings. The Balaban J connectivity index is 2.90. The predicted molar refractivity (Wildman–Crippen MR) is 75.5 cm³/mol. The minimum atomic E-state index is 0.207. The van der Waals surface area contributed by atoms with Gasteiger partial charge < -0.3 is 14.8 Å². The molecule has 1 aromatic rings. The van der Waals surface area contributed by atoms with Crippen molar-refractivity contribution in [2.45, 2.75) is 25.8 Å². The Morgan fingerprint density at radius 2 is 2.11 bits per heavy atom. The van der Waals surface area contributed by atoms with E-state index in [4.69, 9.17) is 21.1 Å². The van der Waals surface area contributed by atoms with Gasteiger partial charge in [0.15, 0.2) is 0 Å². The zero-order valence-corrected chi connectivity index (χ0v) is 12.1. The first-order valence-electron chi connectivity index (χ1n) is 6.28. The minimum Gasteiger partial charge on any atom is -0.496 e. The number of hydrogen-bond donors (Lipinski definition) is 1. The van der Waals surface area contributed by atoms with Gasteiger partial charge in [-0.1, -0.05) is 18.5 Å². The molecule has 0 amide bonds. The van der Waals surface area contributed by atoms with Crippen LogP contribution in [0.1, 0.15) is 31.4 Å². The summed E-state index contributed by atoms with van der Waals surface area (Å²) >= 11 is 6.07. The third-order valence-corrected chi connectivity index (χ3v) is 3.05. The number of rotatable bonds is 8. The average Bonchev–Trinajstić information content (AvgIpc) is 2.39. The molecular formula is C14H22ClNO2. The maximum atomic E-state index is 6.07. The largest absolute Gasteiger partial charge is 0.496 e. The fourth-order valence-corrected chi connectivity index (χ4v) is 2.08. The molecule has 1 unspecified atom stereocenters. The Bertz CT molecular complexity index is 350. The monoisotopic (exact) mass is 271 g/mol. The summed E-state index contributed by atoms with van der Waals surface area (Å²) in [5.74, 6) is 0.865. The molecule has 0 aliphatic heterocycles. The summed E-state index contributed by atoms with van der Waals surface area (Å²) in [5.41, 5.74) is 1.09. The molecule has 0 bridgehead atoms. The molecule has 0 saturated carbocycles. The summed E-state index contributed by atoms with van der Waals surface area (Å²) in [4.78, 5) is 0. The molecule has 0 saturated heterocycles. The van der Waals surface area contributed by atoms with E-state index < -0.39 is 0 Å². The zero-order chi connectivity index (χ0) is 13.4. The molecule has 0 aliphatic carbocycles. The first-order valence-corrected chi connectivity index (χ1v) is 6.66. The van der Waals surface area contributed by atoms with Gasteiger partial charge in [-0.25, -0.2) is 0 Å². The smallest absolute Gasteiger partial charge is 0.123 e. The van der Waals surface area contributed by atoms with Gasteiger partial charge in [0.2, 0.25) is 0 Å². The van der Waals surface area contributed by atoms with Crippen LogP contribution in [0, 0.1) is 0 Å². The highest BCUT2D eigenvalue weighted by Crippen LogP contribution is 2.30. The van der Waals surface area contributed by atoms with Crippen LogP contribution in [0.2, 0.25) is 5.02 Å². The van der Waals surface area contributed by atoms with Gasteiger partial charge >= 0.3 is 0 Å². The van der Waals surface area contributed by atoms with Crippen molar-refractivity contribution in [3.63, 3.8) is 0 Å². The Morgan fingerprint density at radius 3 is 2.72 bits per heavy atom. The van der Waals surface area contributed by atoms with Gasteiger partial charge in [0.1, 0.15) is 5.75 Å². The molecule has 0 spiro atoms. The summed E-state index contributed by atoms with van der Waals surface area (Å²) in [6, 6.07) is 5.92. The topological polar surface area (TPSA) is 30.5 Å². The molecule has 1 rings (SSSR count). The maximum Gasteiger partial charge on any atom is 0.123 e. The number of hydrogen-bond acceptors (Lipinski definition) is 3. The lowest BCUT2D eigenvalue weighted by Crippen LogP contribution is -2.24. The van der Waals surface area contributed by atoms with Crippen LogP contribution in [0.4, 0.5) is 0 Å². The molecular weight excluding hydrogens is 250 g/mol. The van der Waals surface area contributed by atoms with Crippen molar-refractivity contribution in [3.8, 4) is 5.75 Å². The van der Waals surface area contributed by atoms with Gasteiger partial charge in [-0.3, -0.25) is 0 Å². The number of halogens is 1. The summed E-state index contributed by atoms with van der Waals surface area (Å²) < 4.78 is 10.6. The predicted octanol–water partition coefficient (Wildman–Crippen LogP) is 3.43. The minimum absolute atomic E-state index is 0.207. The standard InChI is InChI=1S/C14H22ClNO2/c1-4-8-16-13(7-9-17-2)12-10-11(15)5-6-14(12)18-3/h5-6,10,13,16H,4,7-9H2,1-3H3. The molecule has 0 fully saturated rings. The molecule has 1 N–H and O–H groups in total. The van der Waals surface area contributed by atoms with Crippen molar-refractivity contribution in [2.24, 2.45) is 0 Å². The highest BCUT2D eigenvalue weighted by atomic mass is 35.5.